The molecule has 0 saturated carbocycles. The normalized spacial score (nSPS) is 23.2. The molecule has 2 saturated heterocycles. The molecule has 0 unspecified atom stereocenters. The third kappa shape index (κ3) is 3.58. The summed E-state index contributed by atoms with van der Waals surface area (Å²) in [6.07, 6.45) is 0.905. The SMILES string of the molecule is NCCNC(=O)c1cc([C@H]2CC[C@@H]3CN2C(=O)N3OS(=O)(=O)O)no1. The summed E-state index contributed by atoms with van der Waals surface area (Å²) in [7, 11) is -4.80. The number of carbonyl (C=O) groups is 2. The minimum Gasteiger partial charge on any atom is -0.351 e. The summed E-state index contributed by atoms with van der Waals surface area (Å²) in [6.45, 7) is 0.774. The highest BCUT2D eigenvalue weighted by molar-refractivity contribution is 7.80. The first-order chi connectivity index (χ1) is 11.8. The Kier molecular flexibility index (Phi) is 4.64. The van der Waals surface area contributed by atoms with Crippen molar-refractivity contribution in [2.45, 2.75) is 24.9 Å². The highest BCUT2D eigenvalue weighted by Gasteiger charge is 2.48. The second-order valence-corrected chi connectivity index (χ2v) is 6.68. The topological polar surface area (TPSA) is 168 Å². The van der Waals surface area contributed by atoms with Gasteiger partial charge in [0.2, 0.25) is 5.76 Å². The van der Waals surface area contributed by atoms with E-state index in [1.807, 2.05) is 0 Å². The molecular weight excluding hydrogens is 358 g/mol. The summed E-state index contributed by atoms with van der Waals surface area (Å²) in [6, 6.07) is -0.262. The maximum absolute atomic E-state index is 12.3. The van der Waals surface area contributed by atoms with E-state index in [9.17, 15) is 18.0 Å². The second-order valence-electron chi connectivity index (χ2n) is 5.67. The van der Waals surface area contributed by atoms with Crippen LogP contribution in [0.5, 0.6) is 0 Å². The van der Waals surface area contributed by atoms with Crippen LogP contribution < -0.4 is 11.1 Å². The molecule has 25 heavy (non-hydrogen) atoms. The molecule has 2 atom stereocenters. The Bertz CT molecular complexity index is 779. The number of hydroxylamine groups is 2. The lowest BCUT2D eigenvalue weighted by atomic mass is 9.98. The van der Waals surface area contributed by atoms with Crippen molar-refractivity contribution in [3.05, 3.63) is 17.5 Å². The van der Waals surface area contributed by atoms with Crippen molar-refractivity contribution in [1.29, 1.82) is 0 Å². The Balaban J connectivity index is 1.74. The lowest BCUT2D eigenvalue weighted by Gasteiger charge is -2.28. The van der Waals surface area contributed by atoms with Crippen molar-refractivity contribution in [2.24, 2.45) is 5.73 Å². The number of nitrogens with one attached hydrogen (secondary N) is 1. The fraction of sp³-hybridized carbons (Fsp3) is 0.583. The van der Waals surface area contributed by atoms with E-state index in [2.05, 4.69) is 14.8 Å². The first-order valence-corrected chi connectivity index (χ1v) is 8.88. The third-order valence-corrected chi connectivity index (χ3v) is 4.37. The van der Waals surface area contributed by atoms with Crippen LogP contribution in [0.1, 0.15) is 35.1 Å². The van der Waals surface area contributed by atoms with Crippen LogP contribution >= 0.6 is 0 Å². The molecular formula is C12H17N5O7S. The van der Waals surface area contributed by atoms with Gasteiger partial charge in [-0.15, -0.1) is 4.28 Å². The van der Waals surface area contributed by atoms with Crippen LogP contribution in [-0.2, 0) is 14.7 Å². The summed E-state index contributed by atoms with van der Waals surface area (Å²) in [4.78, 5) is 25.5. The lowest BCUT2D eigenvalue weighted by molar-refractivity contribution is -0.0317. The van der Waals surface area contributed by atoms with Gasteiger partial charge in [0.25, 0.3) is 5.91 Å². The van der Waals surface area contributed by atoms with Gasteiger partial charge < -0.3 is 20.5 Å². The van der Waals surface area contributed by atoms with Crippen molar-refractivity contribution in [1.82, 2.24) is 20.4 Å². The van der Waals surface area contributed by atoms with Crippen LogP contribution in [0.4, 0.5) is 4.79 Å². The molecule has 0 aliphatic carbocycles. The number of nitrogens with two attached hydrogens (primary N) is 1. The number of rotatable bonds is 6. The molecule has 13 heteroatoms. The smallest absolute Gasteiger partial charge is 0.351 e. The van der Waals surface area contributed by atoms with Crippen LogP contribution in [0, 0.1) is 0 Å². The van der Waals surface area contributed by atoms with E-state index in [-0.39, 0.29) is 25.4 Å². The van der Waals surface area contributed by atoms with Crippen LogP contribution in [0.2, 0.25) is 0 Å². The lowest BCUT2D eigenvalue weighted by Crippen LogP contribution is -2.35. The summed E-state index contributed by atoms with van der Waals surface area (Å²) >= 11 is 0. The summed E-state index contributed by atoms with van der Waals surface area (Å²) in [5.41, 5.74) is 5.68. The molecule has 12 nitrogen and oxygen atoms in total. The Morgan fingerprint density at radius 3 is 2.96 bits per heavy atom. The minimum atomic E-state index is -4.80. The summed E-state index contributed by atoms with van der Waals surface area (Å²) < 4.78 is 39.9. The number of aromatic nitrogens is 1. The van der Waals surface area contributed by atoms with Gasteiger partial charge in [0.05, 0.1) is 12.1 Å². The van der Waals surface area contributed by atoms with Crippen molar-refractivity contribution in [2.75, 3.05) is 19.6 Å². The molecule has 3 amide bonds. The molecule has 1 aromatic heterocycles. The van der Waals surface area contributed by atoms with Gasteiger partial charge in [0.1, 0.15) is 5.69 Å². The fourth-order valence-electron chi connectivity index (χ4n) is 2.96. The van der Waals surface area contributed by atoms with Gasteiger partial charge in [-0.1, -0.05) is 5.16 Å². The zero-order valence-electron chi connectivity index (χ0n) is 13.0. The van der Waals surface area contributed by atoms with Gasteiger partial charge in [-0.3, -0.25) is 9.35 Å². The quantitative estimate of drug-likeness (QED) is 0.530. The maximum atomic E-state index is 12.3. The Labute approximate surface area is 142 Å². The standard InChI is InChI=1S/C12H17N5O7S/c13-3-4-14-11(18)10-5-8(15-23-10)9-2-1-7-6-16(9)12(19)17(7)24-25(20,21)22/h5,7,9H,1-4,6,13H2,(H,14,18)(H,20,21,22)/t7-,9-/m1/s1. The molecule has 0 radical (unpaired) electrons. The van der Waals surface area contributed by atoms with Gasteiger partial charge in [0, 0.05) is 25.7 Å². The molecule has 2 aliphatic heterocycles. The number of nitrogens with zero attached hydrogens (tertiary/aromatic N) is 3. The summed E-state index contributed by atoms with van der Waals surface area (Å²) in [5, 5.41) is 7.01. The number of urea groups is 1. The number of hydrogen-bond acceptors (Lipinski definition) is 8. The predicted octanol–water partition coefficient (Wildman–Crippen LogP) is -0.961. The zero-order chi connectivity index (χ0) is 18.2. The van der Waals surface area contributed by atoms with Crippen LogP contribution in [0.25, 0.3) is 0 Å². The molecule has 3 heterocycles. The first kappa shape index (κ1) is 17.6. The first-order valence-electron chi connectivity index (χ1n) is 7.52. The average Bonchev–Trinajstić information content (AvgIpc) is 3.12. The monoisotopic (exact) mass is 375 g/mol. The van der Waals surface area contributed by atoms with E-state index in [4.69, 9.17) is 14.8 Å². The Morgan fingerprint density at radius 2 is 2.28 bits per heavy atom. The van der Waals surface area contributed by atoms with E-state index in [0.29, 0.717) is 23.6 Å². The van der Waals surface area contributed by atoms with E-state index >= 15 is 0 Å². The van der Waals surface area contributed by atoms with E-state index < -0.39 is 34.4 Å². The fourth-order valence-corrected chi connectivity index (χ4v) is 3.35. The maximum Gasteiger partial charge on any atom is 0.418 e. The number of carbonyl (C=O) groups excluding carboxylic acids is 2. The van der Waals surface area contributed by atoms with Crippen LogP contribution in [0.3, 0.4) is 0 Å². The second kappa shape index (κ2) is 6.59. The van der Waals surface area contributed by atoms with Crippen molar-refractivity contribution in [3.63, 3.8) is 0 Å². The van der Waals surface area contributed by atoms with E-state index in [1.165, 1.54) is 11.0 Å². The van der Waals surface area contributed by atoms with E-state index in [0.717, 1.165) is 0 Å². The van der Waals surface area contributed by atoms with E-state index in [1.54, 1.807) is 0 Å². The van der Waals surface area contributed by atoms with Gasteiger partial charge >= 0.3 is 16.4 Å². The summed E-state index contributed by atoms with van der Waals surface area (Å²) in [5.74, 6) is -0.481. The predicted molar refractivity (Wildman–Crippen MR) is 80.2 cm³/mol. The van der Waals surface area contributed by atoms with Gasteiger partial charge in [-0.2, -0.15) is 13.5 Å². The van der Waals surface area contributed by atoms with Gasteiger partial charge in [-0.25, -0.2) is 4.79 Å². The van der Waals surface area contributed by atoms with Crippen molar-refractivity contribution in [3.8, 4) is 0 Å². The third-order valence-electron chi connectivity index (χ3n) is 4.02. The molecule has 0 spiro atoms. The molecule has 138 valence electrons. The molecule has 1 aromatic rings. The molecule has 0 aromatic carbocycles. The number of fused-ring (bicyclic) bond motifs is 2. The molecule has 2 bridgehead atoms. The largest absolute Gasteiger partial charge is 0.418 e. The zero-order valence-corrected chi connectivity index (χ0v) is 13.8. The van der Waals surface area contributed by atoms with Crippen molar-refractivity contribution >= 4 is 22.3 Å². The Hall–Kier alpha value is -2.22. The molecule has 2 aliphatic rings. The minimum absolute atomic E-state index is 0.0109. The average molecular weight is 375 g/mol. The van der Waals surface area contributed by atoms with Crippen molar-refractivity contribution < 1.29 is 31.4 Å². The van der Waals surface area contributed by atoms with Crippen LogP contribution in [0.15, 0.2) is 10.6 Å². The highest BCUT2D eigenvalue weighted by atomic mass is 32.3. The Morgan fingerprint density at radius 1 is 1.52 bits per heavy atom. The number of piperidine rings is 1. The number of amides is 3. The highest BCUT2D eigenvalue weighted by Crippen LogP contribution is 2.38. The molecule has 3 rings (SSSR count). The van der Waals surface area contributed by atoms with Gasteiger partial charge in [-0.05, 0) is 12.8 Å². The molecule has 2 fully saturated rings. The van der Waals surface area contributed by atoms with Crippen LogP contribution in [-0.4, -0.2) is 65.7 Å². The number of hydrogen-bond donors (Lipinski definition) is 3. The van der Waals surface area contributed by atoms with Gasteiger partial charge in [0.15, 0.2) is 0 Å². The molecule has 4 N–H and O–H groups in total.